The van der Waals surface area contributed by atoms with E-state index in [4.69, 9.17) is 0 Å². The highest BCUT2D eigenvalue weighted by molar-refractivity contribution is 9.10. The fraction of sp³-hybridized carbons (Fsp3) is 0.333. The first-order valence-corrected chi connectivity index (χ1v) is 16.4. The standard InChI is InChI=1S/C30H33Br2N3O4S/c1-22(30(37)33-26-13-4-2-5-14-26)34(20-23-10-8-11-24(31)18-23)29(36)21-35(27-15-9-12-25(32)19-27)40(38,39)28-16-6-3-7-17-28/h3,6-12,15-19,22,26H,2,4-5,13-14,20-21H2,1H3,(H,33,37)/t22-/m1/s1. The van der Waals surface area contributed by atoms with Crippen LogP contribution in [-0.2, 0) is 26.2 Å². The van der Waals surface area contributed by atoms with Gasteiger partial charge in [-0.3, -0.25) is 13.9 Å². The Morgan fingerprint density at radius 2 is 1.55 bits per heavy atom. The van der Waals surface area contributed by atoms with Gasteiger partial charge in [-0.15, -0.1) is 0 Å². The number of hydrogen-bond donors (Lipinski definition) is 1. The van der Waals surface area contributed by atoms with Crippen molar-refractivity contribution in [3.8, 4) is 0 Å². The van der Waals surface area contributed by atoms with Crippen LogP contribution in [0.2, 0.25) is 0 Å². The number of hydrogen-bond acceptors (Lipinski definition) is 4. The van der Waals surface area contributed by atoms with Gasteiger partial charge in [-0.05, 0) is 67.8 Å². The van der Waals surface area contributed by atoms with Gasteiger partial charge in [0.05, 0.1) is 10.6 Å². The molecule has 0 spiro atoms. The van der Waals surface area contributed by atoms with Crippen LogP contribution in [0.5, 0.6) is 0 Å². The maximum atomic E-state index is 14.0. The Hall–Kier alpha value is -2.69. The summed E-state index contributed by atoms with van der Waals surface area (Å²) >= 11 is 6.89. The van der Waals surface area contributed by atoms with Gasteiger partial charge in [-0.1, -0.05) is 87.5 Å². The Balaban J connectivity index is 1.67. The van der Waals surface area contributed by atoms with Crippen LogP contribution < -0.4 is 9.62 Å². The first kappa shape index (κ1) is 30.3. The van der Waals surface area contributed by atoms with Gasteiger partial charge in [-0.2, -0.15) is 0 Å². The van der Waals surface area contributed by atoms with Crippen LogP contribution in [0, 0.1) is 0 Å². The second-order valence-corrected chi connectivity index (χ2v) is 13.7. The van der Waals surface area contributed by atoms with E-state index in [0.29, 0.717) is 10.2 Å². The van der Waals surface area contributed by atoms with Gasteiger partial charge in [0.25, 0.3) is 10.0 Å². The molecule has 1 fully saturated rings. The Morgan fingerprint density at radius 3 is 2.20 bits per heavy atom. The third-order valence-corrected chi connectivity index (χ3v) is 9.84. The first-order valence-electron chi connectivity index (χ1n) is 13.3. The lowest BCUT2D eigenvalue weighted by atomic mass is 9.95. The van der Waals surface area contributed by atoms with Crippen molar-refractivity contribution in [2.75, 3.05) is 10.8 Å². The number of halogens is 2. The fourth-order valence-corrected chi connectivity index (χ4v) is 7.12. The van der Waals surface area contributed by atoms with E-state index in [9.17, 15) is 18.0 Å². The second kappa shape index (κ2) is 13.8. The van der Waals surface area contributed by atoms with Crippen LogP contribution in [0.3, 0.4) is 0 Å². The number of sulfonamides is 1. The Morgan fingerprint density at radius 1 is 0.900 bits per heavy atom. The number of carbonyl (C=O) groups excluding carboxylic acids is 2. The average molecular weight is 691 g/mol. The number of nitrogens with zero attached hydrogens (tertiary/aromatic N) is 2. The molecular formula is C30H33Br2N3O4S. The number of amides is 2. The van der Waals surface area contributed by atoms with Gasteiger partial charge >= 0.3 is 0 Å². The van der Waals surface area contributed by atoms with Crippen molar-refractivity contribution >= 4 is 59.4 Å². The molecule has 1 atom stereocenters. The van der Waals surface area contributed by atoms with Crippen molar-refractivity contribution in [3.05, 3.63) is 93.4 Å². The monoisotopic (exact) mass is 689 g/mol. The van der Waals surface area contributed by atoms with Gasteiger partial charge in [-0.25, -0.2) is 8.42 Å². The van der Waals surface area contributed by atoms with Crippen LogP contribution in [-0.4, -0.2) is 43.8 Å². The van der Waals surface area contributed by atoms with Crippen molar-refractivity contribution in [1.82, 2.24) is 10.2 Å². The van der Waals surface area contributed by atoms with Crippen LogP contribution in [0.15, 0.2) is 92.7 Å². The Kier molecular flexibility index (Phi) is 10.4. The third kappa shape index (κ3) is 7.73. The Bertz CT molecular complexity index is 1430. The molecule has 0 heterocycles. The minimum Gasteiger partial charge on any atom is -0.352 e. The first-order chi connectivity index (χ1) is 19.1. The smallest absolute Gasteiger partial charge is 0.264 e. The van der Waals surface area contributed by atoms with Gasteiger partial charge in [0, 0.05) is 21.5 Å². The molecule has 0 saturated heterocycles. The van der Waals surface area contributed by atoms with Gasteiger partial charge in [0.2, 0.25) is 11.8 Å². The largest absolute Gasteiger partial charge is 0.352 e. The summed E-state index contributed by atoms with van der Waals surface area (Å²) in [5, 5.41) is 3.12. The Labute approximate surface area is 253 Å². The van der Waals surface area contributed by atoms with Crippen LogP contribution >= 0.6 is 31.9 Å². The van der Waals surface area contributed by atoms with E-state index in [2.05, 4.69) is 37.2 Å². The molecule has 0 aromatic heterocycles. The maximum absolute atomic E-state index is 14.0. The van der Waals surface area contributed by atoms with E-state index in [1.54, 1.807) is 49.4 Å². The average Bonchev–Trinajstić information content (AvgIpc) is 2.95. The van der Waals surface area contributed by atoms with Crippen molar-refractivity contribution in [2.45, 2.75) is 62.6 Å². The minimum atomic E-state index is -4.09. The molecule has 0 radical (unpaired) electrons. The van der Waals surface area contributed by atoms with Crippen molar-refractivity contribution < 1.29 is 18.0 Å². The molecule has 1 aliphatic rings. The fourth-order valence-electron chi connectivity index (χ4n) is 4.86. The minimum absolute atomic E-state index is 0.0735. The molecule has 3 aromatic carbocycles. The van der Waals surface area contributed by atoms with Crippen molar-refractivity contribution in [3.63, 3.8) is 0 Å². The SMILES string of the molecule is C[C@H](C(=O)NC1CCCCC1)N(Cc1cccc(Br)c1)C(=O)CN(c1cccc(Br)c1)S(=O)(=O)c1ccccc1. The quantitative estimate of drug-likeness (QED) is 0.272. The molecule has 4 rings (SSSR count). The lowest BCUT2D eigenvalue weighted by molar-refractivity contribution is -0.139. The van der Waals surface area contributed by atoms with E-state index in [1.807, 2.05) is 24.3 Å². The zero-order chi connectivity index (χ0) is 28.7. The maximum Gasteiger partial charge on any atom is 0.264 e. The van der Waals surface area contributed by atoms with E-state index >= 15 is 0 Å². The lowest BCUT2D eigenvalue weighted by Gasteiger charge is -2.33. The topological polar surface area (TPSA) is 86.8 Å². The number of anilines is 1. The van der Waals surface area contributed by atoms with Gasteiger partial charge in [0.15, 0.2) is 0 Å². The second-order valence-electron chi connectivity index (χ2n) is 9.98. The predicted molar refractivity (Wildman–Crippen MR) is 164 cm³/mol. The summed E-state index contributed by atoms with van der Waals surface area (Å²) in [7, 11) is -4.09. The molecular weight excluding hydrogens is 658 g/mol. The van der Waals surface area contributed by atoms with Gasteiger partial charge < -0.3 is 10.2 Å². The van der Waals surface area contributed by atoms with E-state index < -0.39 is 28.5 Å². The summed E-state index contributed by atoms with van der Waals surface area (Å²) < 4.78 is 30.3. The summed E-state index contributed by atoms with van der Waals surface area (Å²) in [5.41, 5.74) is 1.16. The molecule has 0 aliphatic heterocycles. The van der Waals surface area contributed by atoms with Gasteiger partial charge in [0.1, 0.15) is 12.6 Å². The van der Waals surface area contributed by atoms with E-state index in [0.717, 1.165) is 46.4 Å². The summed E-state index contributed by atoms with van der Waals surface area (Å²) in [5.74, 6) is -0.721. The molecule has 1 saturated carbocycles. The highest BCUT2D eigenvalue weighted by atomic mass is 79.9. The number of carbonyl (C=O) groups is 2. The summed E-state index contributed by atoms with van der Waals surface area (Å²) in [6.45, 7) is 1.38. The normalized spacial score (nSPS) is 14.8. The molecule has 7 nitrogen and oxygen atoms in total. The molecule has 212 valence electrons. The molecule has 1 aliphatic carbocycles. The van der Waals surface area contributed by atoms with E-state index in [-0.39, 0.29) is 23.4 Å². The molecule has 3 aromatic rings. The van der Waals surface area contributed by atoms with Crippen molar-refractivity contribution in [2.24, 2.45) is 0 Å². The number of nitrogens with one attached hydrogen (secondary N) is 1. The highest BCUT2D eigenvalue weighted by Crippen LogP contribution is 2.27. The third-order valence-electron chi connectivity index (χ3n) is 7.07. The summed E-state index contributed by atoms with van der Waals surface area (Å²) in [6.07, 6.45) is 5.14. The highest BCUT2D eigenvalue weighted by Gasteiger charge is 2.33. The van der Waals surface area contributed by atoms with Crippen LogP contribution in [0.25, 0.3) is 0 Å². The number of rotatable bonds is 10. The summed E-state index contributed by atoms with van der Waals surface area (Å²) in [4.78, 5) is 29.0. The zero-order valence-electron chi connectivity index (χ0n) is 22.3. The van der Waals surface area contributed by atoms with E-state index in [1.165, 1.54) is 17.0 Å². The number of benzene rings is 3. The van der Waals surface area contributed by atoms with Crippen LogP contribution in [0.1, 0.15) is 44.6 Å². The van der Waals surface area contributed by atoms with Crippen molar-refractivity contribution in [1.29, 1.82) is 0 Å². The molecule has 0 unspecified atom stereocenters. The molecule has 40 heavy (non-hydrogen) atoms. The molecule has 0 bridgehead atoms. The molecule has 2 amide bonds. The lowest BCUT2D eigenvalue weighted by Crippen LogP contribution is -2.53. The zero-order valence-corrected chi connectivity index (χ0v) is 26.3. The molecule has 10 heteroatoms. The van der Waals surface area contributed by atoms with Crippen LogP contribution in [0.4, 0.5) is 5.69 Å². The predicted octanol–water partition coefficient (Wildman–Crippen LogP) is 6.27. The summed E-state index contributed by atoms with van der Waals surface area (Å²) in [6, 6.07) is 21.6. The molecule has 1 N–H and O–H groups in total.